The molecule has 0 saturated carbocycles. The Labute approximate surface area is 101 Å². The maximum absolute atomic E-state index is 11.3. The molecule has 0 saturated heterocycles. The molecule has 1 aromatic rings. The van der Waals surface area contributed by atoms with Crippen LogP contribution in [0.1, 0.15) is 6.42 Å². The predicted molar refractivity (Wildman–Crippen MR) is 67.4 cm³/mol. The third-order valence-corrected chi connectivity index (χ3v) is 2.83. The number of aromatic nitrogens is 2. The number of H-pyrrole nitrogens is 1. The molecule has 1 heterocycles. The Morgan fingerprint density at radius 1 is 1.80 bits per heavy atom. The minimum absolute atomic E-state index is 0.127. The van der Waals surface area contributed by atoms with E-state index in [4.69, 9.17) is 11.1 Å². The summed E-state index contributed by atoms with van der Waals surface area (Å²) in [6, 6.07) is 0. The number of hydrogen-bond donors (Lipinski definition) is 3. The lowest BCUT2D eigenvalue weighted by atomic mass is 10.3. The molecule has 7 heteroatoms. The predicted octanol–water partition coefficient (Wildman–Crippen LogP) is 0.137. The minimum atomic E-state index is -0.157. The fraction of sp³-hybridized carbons (Fsp3) is 0.375. The van der Waals surface area contributed by atoms with E-state index in [2.05, 4.69) is 9.97 Å². The molecule has 0 aliphatic carbocycles. The van der Waals surface area contributed by atoms with Gasteiger partial charge in [-0.1, -0.05) is 0 Å². The van der Waals surface area contributed by atoms with Gasteiger partial charge in [0.1, 0.15) is 9.39 Å². The van der Waals surface area contributed by atoms with Gasteiger partial charge in [0.25, 0.3) is 5.56 Å². The zero-order valence-electron chi connectivity index (χ0n) is 8.25. The van der Waals surface area contributed by atoms with E-state index < -0.39 is 0 Å². The van der Waals surface area contributed by atoms with Gasteiger partial charge in [-0.05, 0) is 22.6 Å². The normalized spacial score (nSPS) is 10.0. The van der Waals surface area contributed by atoms with E-state index in [0.717, 1.165) is 0 Å². The second-order valence-corrected chi connectivity index (χ2v) is 4.14. The van der Waals surface area contributed by atoms with E-state index >= 15 is 0 Å². The van der Waals surface area contributed by atoms with Crippen LogP contribution in [0, 0.1) is 8.98 Å². The molecule has 0 atom stereocenters. The highest BCUT2D eigenvalue weighted by Crippen LogP contribution is 2.13. The van der Waals surface area contributed by atoms with E-state index in [1.807, 2.05) is 29.6 Å². The summed E-state index contributed by atoms with van der Waals surface area (Å²) in [4.78, 5) is 19.7. The SMILES string of the molecule is CN(CCC(=N)N)c1nc[nH]c(=O)c1I. The maximum atomic E-state index is 11.3. The van der Waals surface area contributed by atoms with Crippen molar-refractivity contribution >= 4 is 34.2 Å². The number of nitrogens with zero attached hydrogens (tertiary/aromatic N) is 2. The third kappa shape index (κ3) is 3.18. The molecule has 0 aliphatic heterocycles. The lowest BCUT2D eigenvalue weighted by Gasteiger charge is -2.18. The zero-order valence-corrected chi connectivity index (χ0v) is 10.4. The molecule has 0 bridgehead atoms. The molecule has 1 rings (SSSR count). The van der Waals surface area contributed by atoms with E-state index in [0.29, 0.717) is 22.4 Å². The molecule has 82 valence electrons. The molecule has 6 nitrogen and oxygen atoms in total. The summed E-state index contributed by atoms with van der Waals surface area (Å²) in [5.74, 6) is 0.738. The van der Waals surface area contributed by atoms with E-state index in [1.54, 1.807) is 4.90 Å². The first kappa shape index (κ1) is 12.0. The van der Waals surface area contributed by atoms with Crippen molar-refractivity contribution in [1.82, 2.24) is 9.97 Å². The number of anilines is 1. The molecule has 0 amide bonds. The molecule has 15 heavy (non-hydrogen) atoms. The Hall–Kier alpha value is -1.12. The van der Waals surface area contributed by atoms with Gasteiger partial charge in [-0.15, -0.1) is 0 Å². The zero-order chi connectivity index (χ0) is 11.4. The molecular weight excluding hydrogens is 309 g/mol. The van der Waals surface area contributed by atoms with E-state index in [-0.39, 0.29) is 11.4 Å². The van der Waals surface area contributed by atoms with Crippen LogP contribution in [0.25, 0.3) is 0 Å². The van der Waals surface area contributed by atoms with E-state index in [1.165, 1.54) is 6.33 Å². The summed E-state index contributed by atoms with van der Waals surface area (Å²) >= 11 is 1.94. The monoisotopic (exact) mass is 321 g/mol. The van der Waals surface area contributed by atoms with Gasteiger partial charge in [0, 0.05) is 20.0 Å². The van der Waals surface area contributed by atoms with Gasteiger partial charge in [-0.3, -0.25) is 10.2 Å². The molecule has 0 aliphatic rings. The topological polar surface area (TPSA) is 98.9 Å². The molecule has 0 fully saturated rings. The van der Waals surface area contributed by atoms with Gasteiger partial charge < -0.3 is 15.6 Å². The van der Waals surface area contributed by atoms with Crippen LogP contribution in [-0.2, 0) is 0 Å². The second-order valence-electron chi connectivity index (χ2n) is 3.07. The van der Waals surface area contributed by atoms with Crippen LogP contribution in [0.2, 0.25) is 0 Å². The summed E-state index contributed by atoms with van der Waals surface area (Å²) in [5, 5.41) is 7.11. The molecule has 4 N–H and O–H groups in total. The number of rotatable bonds is 4. The fourth-order valence-corrected chi connectivity index (χ4v) is 1.74. The lowest BCUT2D eigenvalue weighted by molar-refractivity contribution is 0.875. The molecule has 0 spiro atoms. The van der Waals surface area contributed by atoms with Crippen molar-refractivity contribution in [2.24, 2.45) is 5.73 Å². The highest BCUT2D eigenvalue weighted by atomic mass is 127. The molecule has 0 radical (unpaired) electrons. The standard InChI is InChI=1S/C8H12IN5O/c1-14(3-2-5(10)11)7-6(9)8(15)13-4-12-7/h4H,2-3H2,1H3,(H3,10,11)(H,12,13,15). The number of amidine groups is 1. The first-order valence-electron chi connectivity index (χ1n) is 4.29. The summed E-state index contributed by atoms with van der Waals surface area (Å²) in [6.07, 6.45) is 1.82. The van der Waals surface area contributed by atoms with Crippen molar-refractivity contribution < 1.29 is 0 Å². The summed E-state index contributed by atoms with van der Waals surface area (Å²) < 4.78 is 0.543. The summed E-state index contributed by atoms with van der Waals surface area (Å²) in [7, 11) is 1.81. The van der Waals surface area contributed by atoms with Gasteiger partial charge in [-0.25, -0.2) is 4.98 Å². The quantitative estimate of drug-likeness (QED) is 0.417. The number of aromatic amines is 1. The van der Waals surface area contributed by atoms with Crippen molar-refractivity contribution in [1.29, 1.82) is 5.41 Å². The van der Waals surface area contributed by atoms with Gasteiger partial charge in [0.05, 0.1) is 12.2 Å². The first-order valence-corrected chi connectivity index (χ1v) is 5.37. The molecule has 0 aromatic carbocycles. The van der Waals surface area contributed by atoms with Gasteiger partial charge in [0.2, 0.25) is 0 Å². The van der Waals surface area contributed by atoms with Crippen molar-refractivity contribution in [3.8, 4) is 0 Å². The Kier molecular flexibility index (Phi) is 4.06. The van der Waals surface area contributed by atoms with Crippen LogP contribution in [0.3, 0.4) is 0 Å². The van der Waals surface area contributed by atoms with Gasteiger partial charge in [-0.2, -0.15) is 0 Å². The maximum Gasteiger partial charge on any atom is 0.266 e. The smallest absolute Gasteiger partial charge is 0.266 e. The number of nitrogens with two attached hydrogens (primary N) is 1. The number of nitrogens with one attached hydrogen (secondary N) is 2. The number of halogens is 1. The van der Waals surface area contributed by atoms with Crippen LogP contribution in [0.4, 0.5) is 5.82 Å². The van der Waals surface area contributed by atoms with Crippen LogP contribution in [0.15, 0.2) is 11.1 Å². The Morgan fingerprint density at radius 3 is 3.07 bits per heavy atom. The van der Waals surface area contributed by atoms with Crippen molar-refractivity contribution in [3.05, 3.63) is 20.3 Å². The van der Waals surface area contributed by atoms with Crippen molar-refractivity contribution in [2.45, 2.75) is 6.42 Å². The largest absolute Gasteiger partial charge is 0.388 e. The van der Waals surface area contributed by atoms with Crippen LogP contribution >= 0.6 is 22.6 Å². The van der Waals surface area contributed by atoms with Crippen LogP contribution in [-0.4, -0.2) is 29.4 Å². The average Bonchev–Trinajstić information content (AvgIpc) is 2.18. The molecule has 0 unspecified atom stereocenters. The first-order chi connectivity index (χ1) is 7.02. The van der Waals surface area contributed by atoms with Crippen LogP contribution < -0.4 is 16.2 Å². The highest BCUT2D eigenvalue weighted by molar-refractivity contribution is 14.1. The molecular formula is C8H12IN5O. The lowest BCUT2D eigenvalue weighted by Crippen LogP contribution is -2.27. The van der Waals surface area contributed by atoms with Gasteiger partial charge >= 0.3 is 0 Å². The summed E-state index contributed by atoms with van der Waals surface area (Å²) in [5.41, 5.74) is 5.10. The van der Waals surface area contributed by atoms with Crippen LogP contribution in [0.5, 0.6) is 0 Å². The van der Waals surface area contributed by atoms with Crippen molar-refractivity contribution in [3.63, 3.8) is 0 Å². The Bertz CT molecular complexity index is 416. The molecule has 1 aromatic heterocycles. The minimum Gasteiger partial charge on any atom is -0.388 e. The fourth-order valence-electron chi connectivity index (χ4n) is 1.03. The average molecular weight is 321 g/mol. The van der Waals surface area contributed by atoms with E-state index in [9.17, 15) is 4.79 Å². The van der Waals surface area contributed by atoms with Gasteiger partial charge in [0.15, 0.2) is 0 Å². The second kappa shape index (κ2) is 5.10. The Balaban J connectivity index is 2.82. The third-order valence-electron chi connectivity index (χ3n) is 1.86. The van der Waals surface area contributed by atoms with Crippen molar-refractivity contribution in [2.75, 3.05) is 18.5 Å². The summed E-state index contributed by atoms with van der Waals surface area (Å²) in [6.45, 7) is 0.571. The highest BCUT2D eigenvalue weighted by Gasteiger charge is 2.09. The Morgan fingerprint density at radius 2 is 2.47 bits per heavy atom. The number of hydrogen-bond acceptors (Lipinski definition) is 4.